The second-order valence-corrected chi connectivity index (χ2v) is 6.85. The highest BCUT2D eigenvalue weighted by Gasteiger charge is 2.21. The lowest BCUT2D eigenvalue weighted by atomic mass is 10.0. The molecule has 1 heterocycles. The summed E-state index contributed by atoms with van der Waals surface area (Å²) in [7, 11) is 1.58. The Labute approximate surface area is 185 Å². The van der Waals surface area contributed by atoms with E-state index in [4.69, 9.17) is 14.3 Å². The van der Waals surface area contributed by atoms with Crippen molar-refractivity contribution in [2.45, 2.75) is 19.8 Å². The van der Waals surface area contributed by atoms with E-state index in [2.05, 4.69) is 10.3 Å². The van der Waals surface area contributed by atoms with Gasteiger partial charge in [0.15, 0.2) is 23.8 Å². The van der Waals surface area contributed by atoms with E-state index in [1.807, 2.05) is 19.1 Å². The van der Waals surface area contributed by atoms with Crippen LogP contribution in [0, 0.1) is 0 Å². The first-order chi connectivity index (χ1) is 15.5. The van der Waals surface area contributed by atoms with Gasteiger partial charge in [0.25, 0.3) is 5.91 Å². The molecule has 32 heavy (non-hydrogen) atoms. The predicted molar refractivity (Wildman–Crippen MR) is 118 cm³/mol. The number of rotatable bonds is 9. The van der Waals surface area contributed by atoms with Gasteiger partial charge >= 0.3 is 5.97 Å². The zero-order chi connectivity index (χ0) is 22.9. The van der Waals surface area contributed by atoms with Crippen LogP contribution in [0.4, 0.5) is 0 Å². The van der Waals surface area contributed by atoms with E-state index in [1.165, 1.54) is 5.01 Å². The topological polar surface area (TPSA) is 110 Å². The molecule has 1 N–H and O–H groups in total. The molecule has 0 radical (unpaired) electrons. The fraction of sp³-hybridized carbons (Fsp3) is 0.304. The van der Waals surface area contributed by atoms with E-state index >= 15 is 0 Å². The van der Waals surface area contributed by atoms with Gasteiger partial charge in [-0.2, -0.15) is 5.10 Å². The average molecular weight is 439 g/mol. The molecule has 0 bridgehead atoms. The van der Waals surface area contributed by atoms with Gasteiger partial charge in [-0.25, -0.2) is 9.80 Å². The monoisotopic (exact) mass is 439 g/mol. The minimum atomic E-state index is -1.24. The standard InChI is InChI=1S/C23H25N3O6/c1-3-31-20-14-17(11-12-19(20)30-2)18-10-7-13-26(24-18)21(27)15-32-25-22(23(28)29)16-8-5-4-6-9-16/h4-6,8-9,11-12,14H,3,7,10,13,15H2,1-2H3,(H,28,29)/b25-22-. The van der Waals surface area contributed by atoms with E-state index in [0.717, 1.165) is 17.7 Å². The van der Waals surface area contributed by atoms with Crippen LogP contribution in [-0.4, -0.2) is 60.3 Å². The number of carboxylic acids is 1. The van der Waals surface area contributed by atoms with Crippen molar-refractivity contribution in [1.82, 2.24) is 5.01 Å². The zero-order valence-electron chi connectivity index (χ0n) is 18.0. The number of hydrazone groups is 1. The Morgan fingerprint density at radius 2 is 1.94 bits per heavy atom. The largest absolute Gasteiger partial charge is 0.493 e. The second kappa shape index (κ2) is 10.9. The Morgan fingerprint density at radius 3 is 2.62 bits per heavy atom. The van der Waals surface area contributed by atoms with E-state index < -0.39 is 18.5 Å². The SMILES string of the molecule is CCOc1cc(C2=NN(C(=O)CO/N=C(\C(=O)O)c3ccccc3)CCC2)ccc1OC. The summed E-state index contributed by atoms with van der Waals surface area (Å²) in [5.41, 5.74) is 1.69. The lowest BCUT2D eigenvalue weighted by Gasteiger charge is -2.23. The molecule has 168 valence electrons. The first kappa shape index (κ1) is 22.8. The van der Waals surface area contributed by atoms with Crippen LogP contribution in [0.25, 0.3) is 0 Å². The first-order valence-corrected chi connectivity index (χ1v) is 10.2. The zero-order valence-corrected chi connectivity index (χ0v) is 18.0. The normalized spacial score (nSPS) is 13.9. The van der Waals surface area contributed by atoms with E-state index in [-0.39, 0.29) is 5.71 Å². The number of aliphatic carboxylic acids is 1. The molecule has 0 saturated carbocycles. The number of carbonyl (C=O) groups excluding carboxylic acids is 1. The summed E-state index contributed by atoms with van der Waals surface area (Å²) in [4.78, 5) is 29.1. The van der Waals surface area contributed by atoms with Crippen LogP contribution in [-0.2, 0) is 14.4 Å². The molecule has 9 heteroatoms. The molecule has 3 rings (SSSR count). The van der Waals surface area contributed by atoms with Crippen molar-refractivity contribution in [3.05, 3.63) is 59.7 Å². The summed E-state index contributed by atoms with van der Waals surface area (Å²) in [6, 6.07) is 13.9. The van der Waals surface area contributed by atoms with Crippen LogP contribution in [0.15, 0.2) is 58.8 Å². The van der Waals surface area contributed by atoms with Crippen molar-refractivity contribution < 1.29 is 29.0 Å². The minimum Gasteiger partial charge on any atom is -0.493 e. The lowest BCUT2D eigenvalue weighted by Crippen LogP contribution is -2.34. The number of nitrogens with zero attached hydrogens (tertiary/aromatic N) is 3. The second-order valence-electron chi connectivity index (χ2n) is 6.85. The maximum absolute atomic E-state index is 12.6. The van der Waals surface area contributed by atoms with Gasteiger partial charge in [-0.3, -0.25) is 4.79 Å². The van der Waals surface area contributed by atoms with Crippen LogP contribution < -0.4 is 9.47 Å². The number of benzene rings is 2. The van der Waals surface area contributed by atoms with E-state index in [1.54, 1.807) is 43.5 Å². The molecule has 0 saturated heterocycles. The Kier molecular flexibility index (Phi) is 7.80. The highest BCUT2D eigenvalue weighted by atomic mass is 16.6. The highest BCUT2D eigenvalue weighted by molar-refractivity contribution is 6.42. The molecule has 0 fully saturated rings. The predicted octanol–water partition coefficient (Wildman–Crippen LogP) is 2.93. The average Bonchev–Trinajstić information content (AvgIpc) is 2.82. The number of oxime groups is 1. The number of carboxylic acid groups (broad SMARTS) is 1. The fourth-order valence-electron chi connectivity index (χ4n) is 3.19. The third-order valence-electron chi connectivity index (χ3n) is 4.70. The maximum Gasteiger partial charge on any atom is 0.358 e. The molecule has 0 aromatic heterocycles. The Bertz CT molecular complexity index is 1020. The molecule has 2 aromatic carbocycles. The molecule has 9 nitrogen and oxygen atoms in total. The number of hydrogen-bond acceptors (Lipinski definition) is 7. The van der Waals surface area contributed by atoms with E-state index in [9.17, 15) is 14.7 Å². The van der Waals surface area contributed by atoms with Crippen molar-refractivity contribution >= 4 is 23.3 Å². The third-order valence-corrected chi connectivity index (χ3v) is 4.70. The molecular formula is C23H25N3O6. The molecule has 0 aliphatic carbocycles. The summed E-state index contributed by atoms with van der Waals surface area (Å²) in [6.07, 6.45) is 1.44. The third kappa shape index (κ3) is 5.63. The summed E-state index contributed by atoms with van der Waals surface area (Å²) < 4.78 is 10.9. The van der Waals surface area contributed by atoms with Crippen LogP contribution in [0.1, 0.15) is 30.9 Å². The van der Waals surface area contributed by atoms with Crippen LogP contribution >= 0.6 is 0 Å². The Balaban J connectivity index is 1.70. The molecule has 0 unspecified atom stereocenters. The van der Waals surface area contributed by atoms with Crippen molar-refractivity contribution in [2.75, 3.05) is 26.9 Å². The molecule has 0 atom stereocenters. The first-order valence-electron chi connectivity index (χ1n) is 10.2. The van der Waals surface area contributed by atoms with E-state index in [0.29, 0.717) is 36.6 Å². The van der Waals surface area contributed by atoms with Crippen LogP contribution in [0.2, 0.25) is 0 Å². The van der Waals surface area contributed by atoms with Gasteiger partial charge in [-0.15, -0.1) is 0 Å². The summed E-state index contributed by atoms with van der Waals surface area (Å²) in [5, 5.41) is 18.8. The lowest BCUT2D eigenvalue weighted by molar-refractivity contribution is -0.137. The molecule has 2 aromatic rings. The number of hydrogen-bond donors (Lipinski definition) is 1. The maximum atomic E-state index is 12.6. The summed E-state index contributed by atoms with van der Waals surface area (Å²) in [5.74, 6) is -0.425. The van der Waals surface area contributed by atoms with Crippen LogP contribution in [0.3, 0.4) is 0 Å². The van der Waals surface area contributed by atoms with Gasteiger partial charge < -0.3 is 19.4 Å². The van der Waals surface area contributed by atoms with Crippen molar-refractivity contribution in [2.24, 2.45) is 10.3 Å². The molecule has 1 aliphatic heterocycles. The van der Waals surface area contributed by atoms with Gasteiger partial charge in [0.05, 0.1) is 19.4 Å². The number of amides is 1. The quantitative estimate of drug-likeness (QED) is 0.475. The minimum absolute atomic E-state index is 0.275. The van der Waals surface area contributed by atoms with Gasteiger partial charge in [0.1, 0.15) is 0 Å². The highest BCUT2D eigenvalue weighted by Crippen LogP contribution is 2.29. The number of ether oxygens (including phenoxy) is 2. The molecule has 0 spiro atoms. The van der Waals surface area contributed by atoms with Crippen molar-refractivity contribution in [3.8, 4) is 11.5 Å². The summed E-state index contributed by atoms with van der Waals surface area (Å²) in [6.45, 7) is 2.40. The number of carbonyl (C=O) groups is 2. The number of methoxy groups -OCH3 is 1. The molecular weight excluding hydrogens is 414 g/mol. The Morgan fingerprint density at radius 1 is 1.16 bits per heavy atom. The van der Waals surface area contributed by atoms with Gasteiger partial charge in [0.2, 0.25) is 0 Å². The van der Waals surface area contributed by atoms with Crippen molar-refractivity contribution in [3.63, 3.8) is 0 Å². The van der Waals surface area contributed by atoms with Gasteiger partial charge in [0, 0.05) is 17.7 Å². The van der Waals surface area contributed by atoms with Crippen molar-refractivity contribution in [1.29, 1.82) is 0 Å². The smallest absolute Gasteiger partial charge is 0.358 e. The molecule has 1 aliphatic rings. The van der Waals surface area contributed by atoms with Gasteiger partial charge in [-0.1, -0.05) is 35.5 Å². The van der Waals surface area contributed by atoms with Gasteiger partial charge in [-0.05, 0) is 38.0 Å². The fourth-order valence-corrected chi connectivity index (χ4v) is 3.19. The Hall–Kier alpha value is -3.88. The molecule has 1 amide bonds. The van der Waals surface area contributed by atoms with Crippen LogP contribution in [0.5, 0.6) is 11.5 Å². The summed E-state index contributed by atoms with van der Waals surface area (Å²) >= 11 is 0.